The van der Waals surface area contributed by atoms with E-state index in [1.807, 2.05) is 6.07 Å². The Morgan fingerprint density at radius 2 is 2.16 bits per heavy atom. The van der Waals surface area contributed by atoms with Crippen molar-refractivity contribution in [2.75, 3.05) is 19.6 Å². The molecule has 2 fully saturated rings. The van der Waals surface area contributed by atoms with Gasteiger partial charge in [-0.05, 0) is 30.5 Å². The van der Waals surface area contributed by atoms with E-state index in [1.165, 1.54) is 18.4 Å². The van der Waals surface area contributed by atoms with Crippen LogP contribution in [-0.2, 0) is 10.2 Å². The number of carbonyl (C=O) groups is 1. The third kappa shape index (κ3) is 3.12. The number of halogens is 2. The molecule has 104 valence electrons. The Balaban J connectivity index is 0.00000133. The first-order valence-electron chi connectivity index (χ1n) is 6.44. The molecule has 0 bridgehead atoms. The van der Waals surface area contributed by atoms with Gasteiger partial charge in [-0.2, -0.15) is 0 Å². The molecule has 1 amide bonds. The molecule has 1 saturated heterocycles. The highest BCUT2D eigenvalue weighted by Gasteiger charge is 2.44. The van der Waals surface area contributed by atoms with Crippen LogP contribution < -0.4 is 10.6 Å². The number of nitrogens with one attached hydrogen (secondary N) is 2. The second-order valence-corrected chi connectivity index (χ2v) is 6.28. The molecule has 1 aromatic rings. The zero-order chi connectivity index (χ0) is 12.6. The summed E-state index contributed by atoms with van der Waals surface area (Å²) in [6.07, 6.45) is 2.35. The minimum absolute atomic E-state index is 0. The van der Waals surface area contributed by atoms with Gasteiger partial charge in [-0.3, -0.25) is 4.79 Å². The third-order valence-electron chi connectivity index (χ3n) is 4.04. The third-order valence-corrected chi connectivity index (χ3v) is 4.54. The minimum Gasteiger partial charge on any atom is -0.355 e. The molecule has 2 N–H and O–H groups in total. The first-order chi connectivity index (χ1) is 8.70. The second-order valence-electron chi connectivity index (χ2n) is 5.36. The summed E-state index contributed by atoms with van der Waals surface area (Å²) in [5, 5.41) is 6.24. The van der Waals surface area contributed by atoms with Crippen LogP contribution >= 0.6 is 28.3 Å². The maximum absolute atomic E-state index is 11.8. The SMILES string of the molecule is Cl.O=C(NCC1(c2cccc(Br)c2)CC1)C1CNC1. The van der Waals surface area contributed by atoms with Gasteiger partial charge >= 0.3 is 0 Å². The van der Waals surface area contributed by atoms with Crippen molar-refractivity contribution in [3.8, 4) is 0 Å². The standard InChI is InChI=1S/C14H17BrN2O.ClH/c15-12-3-1-2-11(6-12)14(4-5-14)9-17-13(18)10-7-16-8-10;/h1-3,6,10,16H,4-5,7-9H2,(H,17,18);1H. The number of carbonyl (C=O) groups excluding carboxylic acids is 1. The summed E-state index contributed by atoms with van der Waals surface area (Å²) >= 11 is 3.51. The van der Waals surface area contributed by atoms with Gasteiger partial charge in [0.2, 0.25) is 5.91 Å². The predicted molar refractivity (Wildman–Crippen MR) is 81.7 cm³/mol. The van der Waals surface area contributed by atoms with Crippen molar-refractivity contribution in [3.63, 3.8) is 0 Å². The fourth-order valence-corrected chi connectivity index (χ4v) is 2.81. The van der Waals surface area contributed by atoms with Crippen LogP contribution in [0.4, 0.5) is 0 Å². The van der Waals surface area contributed by atoms with Crippen molar-refractivity contribution in [3.05, 3.63) is 34.3 Å². The lowest BCUT2D eigenvalue weighted by Crippen LogP contribution is -2.51. The van der Waals surface area contributed by atoms with Crippen LogP contribution in [0.25, 0.3) is 0 Å². The molecule has 0 aromatic heterocycles. The maximum atomic E-state index is 11.8. The molecule has 1 heterocycles. The predicted octanol–water partition coefficient (Wildman–Crippen LogP) is 2.24. The Hall–Kier alpha value is -0.580. The van der Waals surface area contributed by atoms with E-state index in [0.717, 1.165) is 24.1 Å². The molecule has 19 heavy (non-hydrogen) atoms. The van der Waals surface area contributed by atoms with E-state index in [-0.39, 0.29) is 29.6 Å². The summed E-state index contributed by atoms with van der Waals surface area (Å²) in [4.78, 5) is 11.8. The number of benzene rings is 1. The zero-order valence-electron chi connectivity index (χ0n) is 10.6. The quantitative estimate of drug-likeness (QED) is 0.879. The molecule has 5 heteroatoms. The molecular formula is C14H18BrClN2O. The number of hydrogen-bond donors (Lipinski definition) is 2. The molecular weight excluding hydrogens is 328 g/mol. The zero-order valence-corrected chi connectivity index (χ0v) is 13.0. The van der Waals surface area contributed by atoms with E-state index in [4.69, 9.17) is 0 Å². The molecule has 0 unspecified atom stereocenters. The van der Waals surface area contributed by atoms with E-state index >= 15 is 0 Å². The summed E-state index contributed by atoms with van der Waals surface area (Å²) < 4.78 is 1.11. The molecule has 0 atom stereocenters. The lowest BCUT2D eigenvalue weighted by atomic mass is 9.95. The fourth-order valence-electron chi connectivity index (χ4n) is 2.41. The molecule has 1 aliphatic carbocycles. The van der Waals surface area contributed by atoms with E-state index < -0.39 is 0 Å². The Morgan fingerprint density at radius 3 is 2.68 bits per heavy atom. The van der Waals surface area contributed by atoms with Gasteiger partial charge in [0.25, 0.3) is 0 Å². The average Bonchev–Trinajstić information content (AvgIpc) is 3.05. The van der Waals surface area contributed by atoms with Crippen molar-refractivity contribution in [1.29, 1.82) is 0 Å². The first kappa shape index (κ1) is 14.8. The minimum atomic E-state index is 0. The van der Waals surface area contributed by atoms with Crippen LogP contribution in [0.1, 0.15) is 18.4 Å². The highest BCUT2D eigenvalue weighted by Crippen LogP contribution is 2.48. The van der Waals surface area contributed by atoms with Crippen LogP contribution in [0.15, 0.2) is 28.7 Å². The van der Waals surface area contributed by atoms with Gasteiger partial charge in [0, 0.05) is 29.5 Å². The van der Waals surface area contributed by atoms with Crippen LogP contribution in [0.2, 0.25) is 0 Å². The first-order valence-corrected chi connectivity index (χ1v) is 7.23. The highest BCUT2D eigenvalue weighted by molar-refractivity contribution is 9.10. The van der Waals surface area contributed by atoms with Crippen LogP contribution in [0, 0.1) is 5.92 Å². The van der Waals surface area contributed by atoms with Crippen molar-refractivity contribution < 1.29 is 4.79 Å². The molecule has 0 radical (unpaired) electrons. The van der Waals surface area contributed by atoms with Gasteiger partial charge in [-0.25, -0.2) is 0 Å². The van der Waals surface area contributed by atoms with Crippen molar-refractivity contribution >= 4 is 34.2 Å². The average molecular weight is 346 g/mol. The van der Waals surface area contributed by atoms with Crippen molar-refractivity contribution in [2.45, 2.75) is 18.3 Å². The van der Waals surface area contributed by atoms with Gasteiger partial charge in [0.05, 0.1) is 5.92 Å². The molecule has 1 aliphatic heterocycles. The molecule has 1 aromatic carbocycles. The summed E-state index contributed by atoms with van der Waals surface area (Å²) in [7, 11) is 0. The van der Waals surface area contributed by atoms with Crippen molar-refractivity contribution in [1.82, 2.24) is 10.6 Å². The monoisotopic (exact) mass is 344 g/mol. The Morgan fingerprint density at radius 1 is 1.42 bits per heavy atom. The van der Waals surface area contributed by atoms with Gasteiger partial charge in [0.15, 0.2) is 0 Å². The van der Waals surface area contributed by atoms with E-state index in [9.17, 15) is 4.79 Å². The summed E-state index contributed by atoms with van der Waals surface area (Å²) in [6, 6.07) is 8.44. The highest BCUT2D eigenvalue weighted by atomic mass is 79.9. The fraction of sp³-hybridized carbons (Fsp3) is 0.500. The van der Waals surface area contributed by atoms with Crippen LogP contribution in [-0.4, -0.2) is 25.5 Å². The smallest absolute Gasteiger partial charge is 0.225 e. The van der Waals surface area contributed by atoms with Gasteiger partial charge < -0.3 is 10.6 Å². The van der Waals surface area contributed by atoms with Crippen molar-refractivity contribution in [2.24, 2.45) is 5.92 Å². The summed E-state index contributed by atoms with van der Waals surface area (Å²) in [6.45, 7) is 2.43. The Labute approximate surface area is 128 Å². The Bertz CT molecular complexity index is 472. The van der Waals surface area contributed by atoms with Gasteiger partial charge in [-0.1, -0.05) is 28.1 Å². The number of hydrogen-bond acceptors (Lipinski definition) is 2. The summed E-state index contributed by atoms with van der Waals surface area (Å²) in [5.74, 6) is 0.387. The number of amides is 1. The molecule has 2 aliphatic rings. The van der Waals surface area contributed by atoms with Crippen LogP contribution in [0.3, 0.4) is 0 Å². The van der Waals surface area contributed by atoms with E-state index in [0.29, 0.717) is 0 Å². The largest absolute Gasteiger partial charge is 0.355 e. The molecule has 1 saturated carbocycles. The Kier molecular flexibility index (Phi) is 4.54. The van der Waals surface area contributed by atoms with E-state index in [2.05, 4.69) is 44.8 Å². The maximum Gasteiger partial charge on any atom is 0.225 e. The lowest BCUT2D eigenvalue weighted by Gasteiger charge is -2.27. The molecule has 0 spiro atoms. The number of rotatable bonds is 4. The molecule has 3 nitrogen and oxygen atoms in total. The molecule has 3 rings (SSSR count). The topological polar surface area (TPSA) is 41.1 Å². The second kappa shape index (κ2) is 5.81. The van der Waals surface area contributed by atoms with Crippen LogP contribution in [0.5, 0.6) is 0 Å². The normalized spacial score (nSPS) is 20.1. The van der Waals surface area contributed by atoms with E-state index in [1.54, 1.807) is 0 Å². The lowest BCUT2D eigenvalue weighted by molar-refractivity contribution is -0.126. The summed E-state index contributed by atoms with van der Waals surface area (Å²) in [5.41, 5.74) is 1.53. The van der Waals surface area contributed by atoms with Gasteiger partial charge in [-0.15, -0.1) is 12.4 Å². The van der Waals surface area contributed by atoms with Gasteiger partial charge in [0.1, 0.15) is 0 Å².